The summed E-state index contributed by atoms with van der Waals surface area (Å²) in [6.07, 6.45) is 1.74. The highest BCUT2D eigenvalue weighted by atomic mass is 16.5. The van der Waals surface area contributed by atoms with E-state index < -0.39 is 5.97 Å². The number of fused-ring (bicyclic) bond motifs is 2. The number of methoxy groups -OCH3 is 1. The number of aromatic carboxylic acids is 1. The molecule has 0 bridgehead atoms. The first-order chi connectivity index (χ1) is 13.5. The molecule has 2 aliphatic rings. The predicted octanol–water partition coefficient (Wildman–Crippen LogP) is 2.30. The van der Waals surface area contributed by atoms with Crippen molar-refractivity contribution < 1.29 is 19.4 Å². The monoisotopic (exact) mass is 383 g/mol. The third-order valence-corrected chi connectivity index (χ3v) is 6.07. The van der Waals surface area contributed by atoms with Crippen molar-refractivity contribution in [3.8, 4) is 0 Å². The lowest BCUT2D eigenvalue weighted by Crippen LogP contribution is -2.49. The van der Waals surface area contributed by atoms with Crippen LogP contribution in [0.4, 0.5) is 5.82 Å². The number of anilines is 1. The van der Waals surface area contributed by atoms with Gasteiger partial charge in [0.2, 0.25) is 5.91 Å². The molecule has 2 aromatic rings. The number of ether oxygens (including phenoxy) is 1. The molecule has 1 saturated heterocycles. The van der Waals surface area contributed by atoms with E-state index in [1.807, 2.05) is 18.2 Å². The molecule has 2 fully saturated rings. The fourth-order valence-corrected chi connectivity index (χ4v) is 4.77. The van der Waals surface area contributed by atoms with Gasteiger partial charge in [0.1, 0.15) is 5.82 Å². The summed E-state index contributed by atoms with van der Waals surface area (Å²) in [5.74, 6) is 0.584. The molecule has 4 rings (SSSR count). The molecule has 1 amide bonds. The second-order valence-corrected chi connectivity index (χ2v) is 7.83. The second kappa shape index (κ2) is 7.39. The minimum atomic E-state index is -0.943. The summed E-state index contributed by atoms with van der Waals surface area (Å²) in [7, 11) is 1.69. The molecule has 4 atom stereocenters. The summed E-state index contributed by atoms with van der Waals surface area (Å²) in [6, 6.07) is 9.04. The zero-order chi connectivity index (χ0) is 19.8. The first-order valence-electron chi connectivity index (χ1n) is 9.64. The third kappa shape index (κ3) is 3.42. The quantitative estimate of drug-likeness (QED) is 0.842. The van der Waals surface area contributed by atoms with Crippen molar-refractivity contribution in [2.24, 2.45) is 11.8 Å². The predicted molar refractivity (Wildman–Crippen MR) is 106 cm³/mol. The molecule has 28 heavy (non-hydrogen) atoms. The molecule has 7 heteroatoms. The molecule has 0 unspecified atom stereocenters. The zero-order valence-corrected chi connectivity index (χ0v) is 16.1. The Morgan fingerprint density at radius 3 is 2.61 bits per heavy atom. The summed E-state index contributed by atoms with van der Waals surface area (Å²) in [5, 5.41) is 13.3. The molecular weight excluding hydrogens is 358 g/mol. The number of rotatable bonds is 4. The fourth-order valence-electron chi connectivity index (χ4n) is 4.77. The number of amides is 1. The normalized spacial score (nSPS) is 26.9. The lowest BCUT2D eigenvalue weighted by molar-refractivity contribution is -0.121. The van der Waals surface area contributed by atoms with Gasteiger partial charge in [-0.25, -0.2) is 9.78 Å². The van der Waals surface area contributed by atoms with Crippen molar-refractivity contribution in [2.45, 2.75) is 31.9 Å². The van der Waals surface area contributed by atoms with Gasteiger partial charge in [-0.05, 0) is 36.8 Å². The van der Waals surface area contributed by atoms with Gasteiger partial charge in [0.15, 0.2) is 0 Å². The summed E-state index contributed by atoms with van der Waals surface area (Å²) < 4.78 is 5.64. The van der Waals surface area contributed by atoms with Gasteiger partial charge in [-0.1, -0.05) is 18.2 Å². The summed E-state index contributed by atoms with van der Waals surface area (Å²) >= 11 is 0. The maximum absolute atomic E-state index is 11.8. The maximum atomic E-state index is 11.8. The Bertz CT molecular complexity index is 916. The van der Waals surface area contributed by atoms with Crippen LogP contribution in [0.5, 0.6) is 0 Å². The molecule has 0 radical (unpaired) electrons. The number of pyridine rings is 1. The Morgan fingerprint density at radius 1 is 1.21 bits per heavy atom. The van der Waals surface area contributed by atoms with E-state index in [0.717, 1.165) is 25.9 Å². The molecule has 1 aromatic carbocycles. The number of carboxylic acids is 1. The van der Waals surface area contributed by atoms with Crippen LogP contribution in [0.15, 0.2) is 30.3 Å². The van der Waals surface area contributed by atoms with Gasteiger partial charge in [0.05, 0.1) is 23.2 Å². The van der Waals surface area contributed by atoms with Crippen molar-refractivity contribution in [3.63, 3.8) is 0 Å². The summed E-state index contributed by atoms with van der Waals surface area (Å²) in [5.41, 5.74) is 0.972. The Morgan fingerprint density at radius 2 is 1.93 bits per heavy atom. The van der Waals surface area contributed by atoms with Gasteiger partial charge < -0.3 is 20.1 Å². The molecule has 148 valence electrons. The minimum absolute atomic E-state index is 0.00393. The van der Waals surface area contributed by atoms with Gasteiger partial charge >= 0.3 is 5.97 Å². The zero-order valence-electron chi connectivity index (χ0n) is 16.1. The standard InChI is InChI=1S/C21H25N3O4/c1-12(25)22-18-7-13-10-24(11-14(13)8-19(18)28-2)20-9-16(21(26)27)15-5-3-4-6-17(15)23-20/h3-6,9,13-14,18-19H,7-8,10-11H2,1-2H3,(H,22,25)(H,26,27)/t13-,14+,18-,19-/m1/s1. The van der Waals surface area contributed by atoms with Crippen molar-refractivity contribution >= 4 is 28.6 Å². The number of carbonyl (C=O) groups is 2. The third-order valence-electron chi connectivity index (χ3n) is 6.07. The summed E-state index contributed by atoms with van der Waals surface area (Å²) in [6.45, 7) is 3.16. The highest BCUT2D eigenvalue weighted by Gasteiger charge is 2.43. The first-order valence-corrected chi connectivity index (χ1v) is 9.64. The van der Waals surface area contributed by atoms with E-state index in [4.69, 9.17) is 9.72 Å². The Labute approximate surface area is 163 Å². The molecule has 1 aromatic heterocycles. The smallest absolute Gasteiger partial charge is 0.336 e. The van der Waals surface area contributed by atoms with Crippen molar-refractivity contribution in [1.82, 2.24) is 10.3 Å². The number of hydrogen-bond acceptors (Lipinski definition) is 5. The lowest BCUT2D eigenvalue weighted by Gasteiger charge is -2.37. The van der Waals surface area contributed by atoms with E-state index in [-0.39, 0.29) is 23.6 Å². The van der Waals surface area contributed by atoms with E-state index >= 15 is 0 Å². The van der Waals surface area contributed by atoms with Crippen molar-refractivity contribution in [2.75, 3.05) is 25.1 Å². The average Bonchev–Trinajstić information content (AvgIpc) is 3.08. The van der Waals surface area contributed by atoms with Crippen LogP contribution < -0.4 is 10.2 Å². The molecule has 7 nitrogen and oxygen atoms in total. The number of para-hydroxylation sites is 1. The fraction of sp³-hybridized carbons (Fsp3) is 0.476. The van der Waals surface area contributed by atoms with Crippen molar-refractivity contribution in [3.05, 3.63) is 35.9 Å². The van der Waals surface area contributed by atoms with Gasteiger partial charge in [-0.3, -0.25) is 4.79 Å². The number of carbonyl (C=O) groups excluding carboxylic acids is 1. The van der Waals surface area contributed by atoms with E-state index in [0.29, 0.717) is 28.6 Å². The first kappa shape index (κ1) is 18.7. The summed E-state index contributed by atoms with van der Waals surface area (Å²) in [4.78, 5) is 30.2. The van der Waals surface area contributed by atoms with Crippen LogP contribution in [0, 0.1) is 11.8 Å². The largest absolute Gasteiger partial charge is 0.478 e. The average molecular weight is 383 g/mol. The van der Waals surface area contributed by atoms with E-state index in [1.54, 1.807) is 19.2 Å². The lowest BCUT2D eigenvalue weighted by atomic mass is 9.77. The van der Waals surface area contributed by atoms with Gasteiger partial charge in [-0.15, -0.1) is 0 Å². The molecule has 2 N–H and O–H groups in total. The van der Waals surface area contributed by atoms with Crippen LogP contribution in [0.1, 0.15) is 30.1 Å². The van der Waals surface area contributed by atoms with E-state index in [1.165, 1.54) is 6.92 Å². The van der Waals surface area contributed by atoms with E-state index in [2.05, 4.69) is 10.2 Å². The van der Waals surface area contributed by atoms with Crippen LogP contribution in [-0.4, -0.2) is 54.3 Å². The number of benzene rings is 1. The highest BCUT2D eigenvalue weighted by molar-refractivity contribution is 6.03. The SMILES string of the molecule is CO[C@@H]1C[C@H]2CN(c3cc(C(=O)O)c4ccccc4n3)C[C@H]2C[C@H]1NC(C)=O. The maximum Gasteiger partial charge on any atom is 0.336 e. The Kier molecular flexibility index (Phi) is 4.93. The van der Waals surface area contributed by atoms with Crippen LogP contribution in [0.25, 0.3) is 10.9 Å². The number of nitrogens with one attached hydrogen (secondary N) is 1. The van der Waals surface area contributed by atoms with Crippen molar-refractivity contribution in [1.29, 1.82) is 0 Å². The van der Waals surface area contributed by atoms with Crippen LogP contribution in [0.3, 0.4) is 0 Å². The molecule has 2 heterocycles. The van der Waals surface area contributed by atoms with E-state index in [9.17, 15) is 14.7 Å². The van der Waals surface area contributed by atoms with Crippen LogP contribution in [-0.2, 0) is 9.53 Å². The molecular formula is C21H25N3O4. The number of nitrogens with zero attached hydrogens (tertiary/aromatic N) is 2. The van der Waals surface area contributed by atoms with Crippen LogP contribution in [0.2, 0.25) is 0 Å². The van der Waals surface area contributed by atoms with Gasteiger partial charge in [0, 0.05) is 32.5 Å². The number of carboxylic acid groups (broad SMARTS) is 1. The number of aromatic nitrogens is 1. The molecule has 1 saturated carbocycles. The molecule has 1 aliphatic heterocycles. The van der Waals surface area contributed by atoms with Crippen LogP contribution >= 0.6 is 0 Å². The number of hydrogen-bond donors (Lipinski definition) is 2. The van der Waals surface area contributed by atoms with Gasteiger partial charge in [-0.2, -0.15) is 0 Å². The molecule has 0 spiro atoms. The highest BCUT2D eigenvalue weighted by Crippen LogP contribution is 2.39. The minimum Gasteiger partial charge on any atom is -0.478 e. The molecule has 1 aliphatic carbocycles. The second-order valence-electron chi connectivity index (χ2n) is 7.83. The Balaban J connectivity index is 1.61. The topological polar surface area (TPSA) is 91.8 Å². The van der Waals surface area contributed by atoms with Gasteiger partial charge in [0.25, 0.3) is 0 Å². The Hall–Kier alpha value is -2.67.